The summed E-state index contributed by atoms with van der Waals surface area (Å²) in [6, 6.07) is 1.51. The number of hydrogen-bond donors (Lipinski definition) is 1. The van der Waals surface area contributed by atoms with Crippen LogP contribution in [0.25, 0.3) is 0 Å². The first-order valence-corrected chi connectivity index (χ1v) is 8.58. The first kappa shape index (κ1) is 16.0. The van der Waals surface area contributed by atoms with Crippen LogP contribution in [0.4, 0.5) is 5.82 Å². The molecule has 8 heteroatoms. The molecular weight excluding hydrogens is 322 g/mol. The molecule has 2 aliphatic rings. The lowest BCUT2D eigenvalue weighted by Crippen LogP contribution is -2.44. The third-order valence-corrected chi connectivity index (χ3v) is 4.57. The molecule has 1 aliphatic heterocycles. The Kier molecular flexibility index (Phi) is 4.35. The van der Waals surface area contributed by atoms with Gasteiger partial charge in [0.15, 0.2) is 12.2 Å². The van der Waals surface area contributed by atoms with E-state index < -0.39 is 0 Å². The van der Waals surface area contributed by atoms with Gasteiger partial charge in [0.05, 0.1) is 18.9 Å². The van der Waals surface area contributed by atoms with E-state index in [2.05, 4.69) is 20.3 Å². The summed E-state index contributed by atoms with van der Waals surface area (Å²) >= 11 is 0. The Bertz CT molecular complexity index is 758. The summed E-state index contributed by atoms with van der Waals surface area (Å²) in [6.45, 7) is 4.00. The fourth-order valence-corrected chi connectivity index (χ4v) is 2.90. The highest BCUT2D eigenvalue weighted by molar-refractivity contribution is 5.92. The maximum atomic E-state index is 12.8. The topological polar surface area (TPSA) is 93.4 Å². The molecule has 1 N–H and O–H groups in total. The van der Waals surface area contributed by atoms with Crippen LogP contribution in [0, 0.1) is 12.8 Å². The average molecular weight is 343 g/mol. The number of anilines is 1. The van der Waals surface area contributed by atoms with Crippen LogP contribution >= 0.6 is 0 Å². The van der Waals surface area contributed by atoms with E-state index in [9.17, 15) is 4.79 Å². The molecule has 2 aromatic rings. The summed E-state index contributed by atoms with van der Waals surface area (Å²) < 4.78 is 10.8. The molecule has 0 unspecified atom stereocenters. The zero-order valence-electron chi connectivity index (χ0n) is 14.1. The number of morpholine rings is 1. The molecular formula is C17H21N5O3. The maximum absolute atomic E-state index is 12.8. The van der Waals surface area contributed by atoms with Crippen molar-refractivity contribution < 1.29 is 13.9 Å². The first-order valence-electron chi connectivity index (χ1n) is 8.58. The number of hydrogen-bond acceptors (Lipinski definition) is 7. The molecule has 1 aliphatic carbocycles. The average Bonchev–Trinajstić information content (AvgIpc) is 3.39. The van der Waals surface area contributed by atoms with Gasteiger partial charge in [-0.25, -0.2) is 15.0 Å². The molecule has 1 atom stereocenters. The van der Waals surface area contributed by atoms with Gasteiger partial charge in [0.2, 0.25) is 5.76 Å². The van der Waals surface area contributed by atoms with E-state index in [1.165, 1.54) is 19.2 Å². The molecule has 8 nitrogen and oxygen atoms in total. The molecule has 132 valence electrons. The molecule has 1 amide bonds. The number of carbonyl (C=O) groups excluding carboxylic acids is 1. The van der Waals surface area contributed by atoms with Crippen LogP contribution in [0.5, 0.6) is 0 Å². The van der Waals surface area contributed by atoms with Crippen LogP contribution < -0.4 is 5.32 Å². The summed E-state index contributed by atoms with van der Waals surface area (Å²) in [7, 11) is 0. The second kappa shape index (κ2) is 6.79. The second-order valence-electron chi connectivity index (χ2n) is 6.48. The molecule has 2 aromatic heterocycles. The van der Waals surface area contributed by atoms with Crippen molar-refractivity contribution in [3.63, 3.8) is 0 Å². The Morgan fingerprint density at radius 3 is 3.04 bits per heavy atom. The third-order valence-electron chi connectivity index (χ3n) is 4.57. The van der Waals surface area contributed by atoms with E-state index in [-0.39, 0.29) is 17.7 Å². The van der Waals surface area contributed by atoms with Crippen molar-refractivity contribution in [2.24, 2.45) is 5.92 Å². The van der Waals surface area contributed by atoms with Gasteiger partial charge in [-0.05, 0) is 31.7 Å². The number of aryl methyl sites for hydroxylation is 1. The van der Waals surface area contributed by atoms with Gasteiger partial charge in [0.25, 0.3) is 5.91 Å². The summed E-state index contributed by atoms with van der Waals surface area (Å²) in [5.74, 6) is 2.17. The van der Waals surface area contributed by atoms with Gasteiger partial charge in [0.1, 0.15) is 11.9 Å². The molecule has 0 radical (unpaired) electrons. The molecule has 3 heterocycles. The summed E-state index contributed by atoms with van der Waals surface area (Å²) in [5, 5.41) is 3.34. The van der Waals surface area contributed by atoms with E-state index in [0.29, 0.717) is 31.3 Å². The van der Waals surface area contributed by atoms with Crippen LogP contribution in [0.15, 0.2) is 23.1 Å². The highest BCUT2D eigenvalue weighted by Gasteiger charge is 2.33. The zero-order chi connectivity index (χ0) is 17.2. The molecule has 0 bridgehead atoms. The first-order chi connectivity index (χ1) is 12.2. The van der Waals surface area contributed by atoms with Crippen molar-refractivity contribution in [1.82, 2.24) is 19.9 Å². The number of rotatable bonds is 5. The summed E-state index contributed by atoms with van der Waals surface area (Å²) in [6.07, 6.45) is 5.56. The number of carbonyl (C=O) groups is 1. The standard InChI is InChI=1S/C17H21N5O3/c1-11-15(25-10-20-11)17(23)22-6-7-24-9-13(22)16-18-5-4-14(21-16)19-8-12-2-3-12/h4-5,10,12-13H,2-3,6-9H2,1H3,(H,18,19,21)/t13-/m1/s1. The van der Waals surface area contributed by atoms with Crippen molar-refractivity contribution in [3.8, 4) is 0 Å². The lowest BCUT2D eigenvalue weighted by Gasteiger charge is -2.34. The van der Waals surface area contributed by atoms with Crippen molar-refractivity contribution >= 4 is 11.7 Å². The molecule has 4 rings (SSSR count). The number of amides is 1. The quantitative estimate of drug-likeness (QED) is 0.885. The molecule has 25 heavy (non-hydrogen) atoms. The van der Waals surface area contributed by atoms with Crippen LogP contribution in [0.1, 0.15) is 41.0 Å². The van der Waals surface area contributed by atoms with Crippen molar-refractivity contribution in [2.75, 3.05) is 31.6 Å². The number of nitrogens with zero attached hydrogens (tertiary/aromatic N) is 4. The smallest absolute Gasteiger partial charge is 0.292 e. The number of aromatic nitrogens is 3. The van der Waals surface area contributed by atoms with E-state index >= 15 is 0 Å². The molecule has 2 fully saturated rings. The predicted octanol–water partition coefficient (Wildman–Crippen LogP) is 1.81. The number of oxazole rings is 1. The minimum atomic E-state index is -0.339. The lowest BCUT2D eigenvalue weighted by molar-refractivity contribution is -0.00677. The fraction of sp³-hybridized carbons (Fsp3) is 0.529. The highest BCUT2D eigenvalue weighted by atomic mass is 16.5. The van der Waals surface area contributed by atoms with Gasteiger partial charge < -0.3 is 19.4 Å². The van der Waals surface area contributed by atoms with Crippen molar-refractivity contribution in [3.05, 3.63) is 35.9 Å². The van der Waals surface area contributed by atoms with Crippen molar-refractivity contribution in [2.45, 2.75) is 25.8 Å². The minimum Gasteiger partial charge on any atom is -0.438 e. The third kappa shape index (κ3) is 3.48. The van der Waals surface area contributed by atoms with Crippen LogP contribution in [0.3, 0.4) is 0 Å². The van der Waals surface area contributed by atoms with Crippen LogP contribution in [-0.4, -0.2) is 52.1 Å². The monoisotopic (exact) mass is 343 g/mol. The lowest BCUT2D eigenvalue weighted by atomic mass is 10.2. The Morgan fingerprint density at radius 1 is 1.40 bits per heavy atom. The molecule has 0 aromatic carbocycles. The Balaban J connectivity index is 1.55. The Morgan fingerprint density at radius 2 is 2.28 bits per heavy atom. The largest absolute Gasteiger partial charge is 0.438 e. The normalized spacial score (nSPS) is 20.5. The van der Waals surface area contributed by atoms with E-state index in [0.717, 1.165) is 18.3 Å². The molecule has 1 saturated heterocycles. The maximum Gasteiger partial charge on any atom is 0.292 e. The van der Waals surface area contributed by atoms with Gasteiger partial charge in [-0.1, -0.05) is 0 Å². The number of ether oxygens (including phenoxy) is 1. The molecule has 1 saturated carbocycles. The SMILES string of the molecule is Cc1ncoc1C(=O)N1CCOC[C@@H]1c1nccc(NCC2CC2)n1. The van der Waals surface area contributed by atoms with E-state index in [1.54, 1.807) is 18.0 Å². The summed E-state index contributed by atoms with van der Waals surface area (Å²) in [5.41, 5.74) is 0.580. The van der Waals surface area contributed by atoms with Crippen LogP contribution in [0.2, 0.25) is 0 Å². The second-order valence-corrected chi connectivity index (χ2v) is 6.48. The summed E-state index contributed by atoms with van der Waals surface area (Å²) in [4.78, 5) is 27.5. The fourth-order valence-electron chi connectivity index (χ4n) is 2.90. The van der Waals surface area contributed by atoms with Crippen LogP contribution in [-0.2, 0) is 4.74 Å². The Hall–Kier alpha value is -2.48. The number of nitrogens with one attached hydrogen (secondary N) is 1. The van der Waals surface area contributed by atoms with E-state index in [4.69, 9.17) is 9.15 Å². The highest BCUT2D eigenvalue weighted by Crippen LogP contribution is 2.29. The van der Waals surface area contributed by atoms with Crippen molar-refractivity contribution in [1.29, 1.82) is 0 Å². The van der Waals surface area contributed by atoms with Gasteiger partial charge in [-0.2, -0.15) is 0 Å². The van der Waals surface area contributed by atoms with Gasteiger partial charge >= 0.3 is 0 Å². The van der Waals surface area contributed by atoms with Gasteiger partial charge in [0, 0.05) is 19.3 Å². The Labute approximate surface area is 145 Å². The molecule has 0 spiro atoms. The minimum absolute atomic E-state index is 0.205. The van der Waals surface area contributed by atoms with Gasteiger partial charge in [-0.3, -0.25) is 4.79 Å². The van der Waals surface area contributed by atoms with E-state index in [1.807, 2.05) is 6.07 Å². The van der Waals surface area contributed by atoms with Gasteiger partial charge in [-0.15, -0.1) is 0 Å². The predicted molar refractivity (Wildman–Crippen MR) is 89.1 cm³/mol. The zero-order valence-corrected chi connectivity index (χ0v) is 14.1.